The zero-order chi connectivity index (χ0) is 18.3. The molecule has 0 saturated carbocycles. The predicted molar refractivity (Wildman–Crippen MR) is 116 cm³/mol. The fourth-order valence-electron chi connectivity index (χ4n) is 3.28. The van der Waals surface area contributed by atoms with Gasteiger partial charge >= 0.3 is 0 Å². The van der Waals surface area contributed by atoms with Crippen LogP contribution >= 0.6 is 39.5 Å². The minimum absolute atomic E-state index is 0.0101. The van der Waals surface area contributed by atoms with Gasteiger partial charge in [0.1, 0.15) is 0 Å². The summed E-state index contributed by atoms with van der Waals surface area (Å²) in [5.74, 6) is 0. The van der Waals surface area contributed by atoms with Crippen LogP contribution in [0, 0.1) is 13.8 Å². The van der Waals surface area contributed by atoms with E-state index in [1.165, 1.54) is 16.0 Å². The highest BCUT2D eigenvalue weighted by molar-refractivity contribution is 9.11. The predicted octanol–water partition coefficient (Wildman–Crippen LogP) is 5.70. The van der Waals surface area contributed by atoms with Gasteiger partial charge in [-0.15, -0.1) is 11.3 Å². The SMILES string of the molecule is Cc1ccc(N2C(=S)NC(c3ccccn3)C2c2ccc(Br)s2)cc1C. The molecule has 3 aromatic rings. The molecule has 132 valence electrons. The summed E-state index contributed by atoms with van der Waals surface area (Å²) in [5, 5.41) is 4.23. The molecule has 0 amide bonds. The summed E-state index contributed by atoms with van der Waals surface area (Å²) in [6.07, 6.45) is 1.83. The summed E-state index contributed by atoms with van der Waals surface area (Å²) < 4.78 is 1.12. The van der Waals surface area contributed by atoms with Gasteiger partial charge in [-0.1, -0.05) is 12.1 Å². The third-order valence-corrected chi connectivity index (χ3v) is 6.76. The van der Waals surface area contributed by atoms with Crippen molar-refractivity contribution in [2.75, 3.05) is 4.90 Å². The van der Waals surface area contributed by atoms with E-state index >= 15 is 0 Å². The first-order valence-corrected chi connectivity index (χ1v) is 10.4. The first-order chi connectivity index (χ1) is 12.5. The van der Waals surface area contributed by atoms with Crippen LogP contribution in [0.25, 0.3) is 0 Å². The molecule has 3 nitrogen and oxygen atoms in total. The maximum atomic E-state index is 5.74. The van der Waals surface area contributed by atoms with Crippen molar-refractivity contribution >= 4 is 50.3 Å². The molecule has 1 aromatic carbocycles. The number of aryl methyl sites for hydroxylation is 2. The minimum atomic E-state index is 0.0101. The fraction of sp³-hybridized carbons (Fsp3) is 0.200. The van der Waals surface area contributed by atoms with Gasteiger partial charge < -0.3 is 10.2 Å². The highest BCUT2D eigenvalue weighted by atomic mass is 79.9. The Morgan fingerprint density at radius 2 is 1.96 bits per heavy atom. The first-order valence-electron chi connectivity index (χ1n) is 8.38. The molecule has 1 aliphatic rings. The molecule has 3 heterocycles. The van der Waals surface area contributed by atoms with Gasteiger partial charge in [0.05, 0.1) is 21.6 Å². The minimum Gasteiger partial charge on any atom is -0.351 e. The van der Waals surface area contributed by atoms with Gasteiger partial charge in [-0.25, -0.2) is 0 Å². The van der Waals surface area contributed by atoms with Crippen LogP contribution in [0.5, 0.6) is 0 Å². The standard InChI is InChI=1S/C20H18BrN3S2/c1-12-6-7-14(11-13(12)2)24-19(16-8-9-17(21)26-16)18(23-20(24)25)15-5-3-4-10-22-15/h3-11,18-19H,1-2H3,(H,23,25). The Bertz CT molecular complexity index is 955. The average molecular weight is 444 g/mol. The van der Waals surface area contributed by atoms with Crippen LogP contribution in [-0.2, 0) is 0 Å². The van der Waals surface area contributed by atoms with Crippen LogP contribution in [0.1, 0.15) is 33.8 Å². The molecule has 0 radical (unpaired) electrons. The maximum absolute atomic E-state index is 5.74. The molecular weight excluding hydrogens is 426 g/mol. The molecule has 2 atom stereocenters. The van der Waals surface area contributed by atoms with Crippen LogP contribution in [0.4, 0.5) is 5.69 Å². The molecule has 0 spiro atoms. The number of nitrogens with one attached hydrogen (secondary N) is 1. The van der Waals surface area contributed by atoms with E-state index in [-0.39, 0.29) is 12.1 Å². The van der Waals surface area contributed by atoms with Gasteiger partial charge in [0.25, 0.3) is 0 Å². The summed E-state index contributed by atoms with van der Waals surface area (Å²) in [4.78, 5) is 8.05. The molecule has 6 heteroatoms. The topological polar surface area (TPSA) is 28.2 Å². The number of aromatic nitrogens is 1. The van der Waals surface area contributed by atoms with E-state index in [1.807, 2.05) is 18.3 Å². The lowest BCUT2D eigenvalue weighted by atomic mass is 10.0. The molecule has 1 fully saturated rings. The van der Waals surface area contributed by atoms with Crippen molar-refractivity contribution in [3.05, 3.63) is 80.2 Å². The van der Waals surface area contributed by atoms with Crippen LogP contribution in [0.2, 0.25) is 0 Å². The Balaban J connectivity index is 1.83. The van der Waals surface area contributed by atoms with Crippen molar-refractivity contribution in [3.63, 3.8) is 0 Å². The molecule has 1 N–H and O–H groups in total. The second-order valence-corrected chi connectivity index (χ2v) is 9.29. The van der Waals surface area contributed by atoms with Gasteiger partial charge in [-0.2, -0.15) is 0 Å². The molecule has 2 unspecified atom stereocenters. The highest BCUT2D eigenvalue weighted by Crippen LogP contribution is 2.44. The Labute approximate surface area is 171 Å². The van der Waals surface area contributed by atoms with Crippen LogP contribution in [0.15, 0.2) is 58.5 Å². The smallest absolute Gasteiger partial charge is 0.174 e. The number of pyridine rings is 1. The van der Waals surface area contributed by atoms with E-state index in [9.17, 15) is 0 Å². The van der Waals surface area contributed by atoms with E-state index in [4.69, 9.17) is 12.2 Å². The Hall–Kier alpha value is -1.76. The summed E-state index contributed by atoms with van der Waals surface area (Å²) in [6.45, 7) is 4.27. The van der Waals surface area contributed by atoms with Gasteiger partial charge in [0.15, 0.2) is 5.11 Å². The number of rotatable bonds is 3. The summed E-state index contributed by atoms with van der Waals surface area (Å²) in [5.41, 5.74) is 4.65. The van der Waals surface area contributed by atoms with Crippen molar-refractivity contribution in [3.8, 4) is 0 Å². The van der Waals surface area contributed by atoms with Gasteiger partial charge in [-0.3, -0.25) is 4.98 Å². The largest absolute Gasteiger partial charge is 0.351 e. The number of nitrogens with zero attached hydrogens (tertiary/aromatic N) is 2. The lowest BCUT2D eigenvalue weighted by molar-refractivity contribution is 0.575. The molecule has 26 heavy (non-hydrogen) atoms. The Morgan fingerprint density at radius 3 is 2.62 bits per heavy atom. The molecule has 4 rings (SSSR count). The van der Waals surface area contributed by atoms with Gasteiger partial charge in [0, 0.05) is 16.8 Å². The van der Waals surface area contributed by atoms with E-state index in [1.54, 1.807) is 11.3 Å². The average Bonchev–Trinajstić information content (AvgIpc) is 3.21. The van der Waals surface area contributed by atoms with Crippen LogP contribution in [0.3, 0.4) is 0 Å². The van der Waals surface area contributed by atoms with E-state index < -0.39 is 0 Å². The summed E-state index contributed by atoms with van der Waals surface area (Å²) in [6, 6.07) is 16.9. The number of hydrogen-bond donors (Lipinski definition) is 1. The number of anilines is 1. The number of hydrogen-bond acceptors (Lipinski definition) is 3. The number of thiophene rings is 1. The van der Waals surface area contributed by atoms with Crippen molar-refractivity contribution < 1.29 is 0 Å². The van der Waals surface area contributed by atoms with Crippen LogP contribution < -0.4 is 10.2 Å². The monoisotopic (exact) mass is 443 g/mol. The third kappa shape index (κ3) is 3.17. The Morgan fingerprint density at radius 1 is 1.12 bits per heavy atom. The first kappa shape index (κ1) is 17.6. The fourth-order valence-corrected chi connectivity index (χ4v) is 5.18. The number of benzene rings is 1. The maximum Gasteiger partial charge on any atom is 0.174 e. The van der Waals surface area contributed by atoms with E-state index in [0.29, 0.717) is 0 Å². The van der Waals surface area contributed by atoms with Crippen molar-refractivity contribution in [2.24, 2.45) is 0 Å². The molecular formula is C20H18BrN3S2. The third-order valence-electron chi connectivity index (χ3n) is 4.75. The zero-order valence-electron chi connectivity index (χ0n) is 14.4. The summed E-state index contributed by atoms with van der Waals surface area (Å²) >= 11 is 11.1. The van der Waals surface area contributed by atoms with Gasteiger partial charge in [0.2, 0.25) is 0 Å². The number of thiocarbonyl (C=S) groups is 1. The van der Waals surface area contributed by atoms with Crippen LogP contribution in [-0.4, -0.2) is 10.1 Å². The van der Waals surface area contributed by atoms with Gasteiger partial charge in [-0.05, 0) is 89.5 Å². The molecule has 0 aliphatic carbocycles. The molecule has 0 bridgehead atoms. The summed E-state index contributed by atoms with van der Waals surface area (Å²) in [7, 11) is 0. The molecule has 1 aliphatic heterocycles. The van der Waals surface area contributed by atoms with Crippen molar-refractivity contribution in [1.29, 1.82) is 0 Å². The number of halogens is 1. The normalized spacial score (nSPS) is 19.7. The molecule has 2 aromatic heterocycles. The lowest BCUT2D eigenvalue weighted by Crippen LogP contribution is -2.29. The zero-order valence-corrected chi connectivity index (χ0v) is 17.7. The van der Waals surface area contributed by atoms with E-state index in [0.717, 1.165) is 20.3 Å². The molecule has 1 saturated heterocycles. The van der Waals surface area contributed by atoms with E-state index in [2.05, 4.69) is 81.4 Å². The second-order valence-electron chi connectivity index (χ2n) is 6.41. The van der Waals surface area contributed by atoms with Crippen molar-refractivity contribution in [2.45, 2.75) is 25.9 Å². The quantitative estimate of drug-likeness (QED) is 0.525. The lowest BCUT2D eigenvalue weighted by Gasteiger charge is -2.27. The Kier molecular flexibility index (Phi) is 4.82. The van der Waals surface area contributed by atoms with Crippen molar-refractivity contribution in [1.82, 2.24) is 10.3 Å². The second kappa shape index (κ2) is 7.10. The highest BCUT2D eigenvalue weighted by Gasteiger charge is 2.41.